The van der Waals surface area contributed by atoms with Crippen molar-refractivity contribution >= 4 is 21.9 Å². The summed E-state index contributed by atoms with van der Waals surface area (Å²) in [6.45, 7) is 0.162. The van der Waals surface area contributed by atoms with Crippen LogP contribution in [-0.4, -0.2) is 61.3 Å². The highest BCUT2D eigenvalue weighted by Gasteiger charge is 2.40. The number of nitrogens with zero attached hydrogens (tertiary/aromatic N) is 2. The Morgan fingerprint density at radius 3 is 2.52 bits per heavy atom. The lowest BCUT2D eigenvalue weighted by Crippen LogP contribution is -2.45. The van der Waals surface area contributed by atoms with Gasteiger partial charge in [-0.2, -0.15) is 4.31 Å². The van der Waals surface area contributed by atoms with Gasteiger partial charge in [0.25, 0.3) is 0 Å². The molecule has 1 aromatic rings. The molecule has 0 saturated carbocycles. The Morgan fingerprint density at radius 1 is 1.35 bits per heavy atom. The van der Waals surface area contributed by atoms with Gasteiger partial charge in [0, 0.05) is 20.6 Å². The van der Waals surface area contributed by atoms with E-state index >= 15 is 0 Å². The van der Waals surface area contributed by atoms with E-state index in [2.05, 4.69) is 0 Å². The number of carboxylic acids is 1. The highest BCUT2D eigenvalue weighted by Crippen LogP contribution is 2.27. The van der Waals surface area contributed by atoms with Gasteiger partial charge in [0.2, 0.25) is 15.9 Å². The van der Waals surface area contributed by atoms with Crippen LogP contribution < -0.4 is 0 Å². The summed E-state index contributed by atoms with van der Waals surface area (Å²) < 4.78 is 40.1. The predicted molar refractivity (Wildman–Crippen MR) is 79.0 cm³/mol. The van der Waals surface area contributed by atoms with Crippen molar-refractivity contribution in [3.05, 3.63) is 29.6 Å². The molecule has 0 unspecified atom stereocenters. The zero-order valence-corrected chi connectivity index (χ0v) is 13.5. The van der Waals surface area contributed by atoms with Crippen LogP contribution in [0.2, 0.25) is 0 Å². The molecule has 1 amide bonds. The summed E-state index contributed by atoms with van der Waals surface area (Å²) in [7, 11) is -1.01. The highest BCUT2D eigenvalue weighted by molar-refractivity contribution is 7.89. The number of aromatic carboxylic acids is 1. The summed E-state index contributed by atoms with van der Waals surface area (Å²) in [5.74, 6) is -2.95. The largest absolute Gasteiger partial charge is 0.478 e. The van der Waals surface area contributed by atoms with Crippen LogP contribution >= 0.6 is 0 Å². The molecule has 1 atom stereocenters. The maximum Gasteiger partial charge on any atom is 0.338 e. The number of rotatable bonds is 4. The van der Waals surface area contributed by atoms with Gasteiger partial charge in [-0.1, -0.05) is 0 Å². The first-order valence-electron chi connectivity index (χ1n) is 6.92. The standard InChI is InChI=1S/C14H17FN2O5S/c1-16(2)13(18)12-4-3-7-17(12)23(21,22)9-5-6-10(14(19)20)11(15)8-9/h5-6,8,12H,3-4,7H2,1-2H3,(H,19,20)/t12-/m0/s1. The molecule has 0 spiro atoms. The molecule has 9 heteroatoms. The molecular formula is C14H17FN2O5S. The van der Waals surface area contributed by atoms with E-state index < -0.39 is 33.4 Å². The molecule has 126 valence electrons. The molecule has 1 heterocycles. The Hall–Kier alpha value is -2.00. The first-order valence-corrected chi connectivity index (χ1v) is 8.36. The number of halogens is 1. The fourth-order valence-electron chi connectivity index (χ4n) is 2.54. The SMILES string of the molecule is CN(C)C(=O)[C@@H]1CCCN1S(=O)(=O)c1ccc(C(=O)O)c(F)c1. The van der Waals surface area contributed by atoms with Crippen LogP contribution in [-0.2, 0) is 14.8 Å². The van der Waals surface area contributed by atoms with Crippen LogP contribution in [0.4, 0.5) is 4.39 Å². The number of hydrogen-bond acceptors (Lipinski definition) is 4. The Bertz CT molecular complexity index is 748. The van der Waals surface area contributed by atoms with Gasteiger partial charge >= 0.3 is 5.97 Å². The number of carboxylic acid groups (broad SMARTS) is 1. The number of likely N-dealkylation sites (N-methyl/N-ethyl adjacent to an activating group) is 1. The highest BCUT2D eigenvalue weighted by atomic mass is 32.2. The fourth-order valence-corrected chi connectivity index (χ4v) is 4.20. The maximum atomic E-state index is 13.8. The first kappa shape index (κ1) is 17.4. The fraction of sp³-hybridized carbons (Fsp3) is 0.429. The summed E-state index contributed by atoms with van der Waals surface area (Å²) >= 11 is 0. The lowest BCUT2D eigenvalue weighted by Gasteiger charge is -2.25. The van der Waals surface area contributed by atoms with Crippen LogP contribution in [0.3, 0.4) is 0 Å². The van der Waals surface area contributed by atoms with Gasteiger partial charge in [-0.15, -0.1) is 0 Å². The van der Waals surface area contributed by atoms with E-state index in [1.165, 1.54) is 19.0 Å². The Balaban J connectivity index is 2.40. The van der Waals surface area contributed by atoms with E-state index in [4.69, 9.17) is 5.11 Å². The van der Waals surface area contributed by atoms with Crippen LogP contribution in [0, 0.1) is 5.82 Å². The van der Waals surface area contributed by atoms with Crippen molar-refractivity contribution in [1.29, 1.82) is 0 Å². The summed E-state index contributed by atoms with van der Waals surface area (Å²) in [6, 6.07) is 1.80. The second-order valence-corrected chi connectivity index (χ2v) is 7.34. The summed E-state index contributed by atoms with van der Waals surface area (Å²) in [4.78, 5) is 23.9. The molecule has 0 bridgehead atoms. The van der Waals surface area contributed by atoms with E-state index in [0.717, 1.165) is 16.4 Å². The molecule has 1 aromatic carbocycles. The molecule has 1 fully saturated rings. The number of benzene rings is 1. The number of carbonyl (C=O) groups is 2. The van der Waals surface area contributed by atoms with Gasteiger partial charge in [0.1, 0.15) is 11.9 Å². The van der Waals surface area contributed by atoms with Gasteiger partial charge in [-0.05, 0) is 31.0 Å². The van der Waals surface area contributed by atoms with Gasteiger partial charge in [-0.25, -0.2) is 17.6 Å². The third-order valence-corrected chi connectivity index (χ3v) is 5.61. The summed E-state index contributed by atoms with van der Waals surface area (Å²) in [5.41, 5.74) is -0.605. The molecule has 1 aliphatic heterocycles. The molecule has 1 N–H and O–H groups in total. The van der Waals surface area contributed by atoms with Gasteiger partial charge in [-0.3, -0.25) is 4.79 Å². The summed E-state index contributed by atoms with van der Waals surface area (Å²) in [5, 5.41) is 8.80. The lowest BCUT2D eigenvalue weighted by molar-refractivity contribution is -0.132. The first-order chi connectivity index (χ1) is 10.7. The summed E-state index contributed by atoms with van der Waals surface area (Å²) in [6.07, 6.45) is 0.922. The quantitative estimate of drug-likeness (QED) is 0.870. The Kier molecular flexibility index (Phi) is 4.71. The smallest absolute Gasteiger partial charge is 0.338 e. The third-order valence-electron chi connectivity index (χ3n) is 3.71. The van der Waals surface area contributed by atoms with Gasteiger partial charge in [0.05, 0.1) is 10.5 Å². The van der Waals surface area contributed by atoms with Crippen molar-refractivity contribution < 1.29 is 27.5 Å². The second-order valence-electron chi connectivity index (χ2n) is 5.45. The minimum atomic E-state index is -4.08. The molecule has 1 aliphatic rings. The molecule has 0 aliphatic carbocycles. The van der Waals surface area contributed by atoms with Crippen molar-refractivity contribution in [2.45, 2.75) is 23.8 Å². The third kappa shape index (κ3) is 3.20. The van der Waals surface area contributed by atoms with Crippen LogP contribution in [0.15, 0.2) is 23.1 Å². The van der Waals surface area contributed by atoms with Crippen molar-refractivity contribution in [3.8, 4) is 0 Å². The average molecular weight is 344 g/mol. The van der Waals surface area contributed by atoms with E-state index in [1.54, 1.807) is 0 Å². The lowest BCUT2D eigenvalue weighted by atomic mass is 10.2. The average Bonchev–Trinajstić information content (AvgIpc) is 2.95. The number of hydrogen-bond donors (Lipinski definition) is 1. The molecule has 1 saturated heterocycles. The zero-order chi connectivity index (χ0) is 17.4. The maximum absolute atomic E-state index is 13.8. The normalized spacial score (nSPS) is 18.8. The number of amides is 1. The van der Waals surface area contributed by atoms with Crippen molar-refractivity contribution in [3.63, 3.8) is 0 Å². The van der Waals surface area contributed by atoms with Crippen LogP contribution in [0.5, 0.6) is 0 Å². The second kappa shape index (κ2) is 6.25. The monoisotopic (exact) mass is 344 g/mol. The van der Waals surface area contributed by atoms with Gasteiger partial charge < -0.3 is 10.0 Å². The minimum absolute atomic E-state index is 0.162. The van der Waals surface area contributed by atoms with Crippen LogP contribution in [0.1, 0.15) is 23.2 Å². The molecule has 23 heavy (non-hydrogen) atoms. The molecule has 0 radical (unpaired) electrons. The van der Waals surface area contributed by atoms with Crippen molar-refractivity contribution in [1.82, 2.24) is 9.21 Å². The number of carbonyl (C=O) groups excluding carboxylic acids is 1. The van der Waals surface area contributed by atoms with E-state index in [1.807, 2.05) is 0 Å². The Labute approximate surface area is 133 Å². The van der Waals surface area contributed by atoms with Crippen molar-refractivity contribution in [2.75, 3.05) is 20.6 Å². The van der Waals surface area contributed by atoms with E-state index in [0.29, 0.717) is 18.9 Å². The topological polar surface area (TPSA) is 95.0 Å². The molecule has 7 nitrogen and oxygen atoms in total. The predicted octanol–water partition coefficient (Wildman–Crippen LogP) is 0.765. The molecule has 0 aromatic heterocycles. The molecule has 2 rings (SSSR count). The van der Waals surface area contributed by atoms with Crippen LogP contribution in [0.25, 0.3) is 0 Å². The van der Waals surface area contributed by atoms with Gasteiger partial charge in [0.15, 0.2) is 0 Å². The van der Waals surface area contributed by atoms with Crippen molar-refractivity contribution in [2.24, 2.45) is 0 Å². The Morgan fingerprint density at radius 2 is 2.00 bits per heavy atom. The zero-order valence-electron chi connectivity index (χ0n) is 12.7. The van der Waals surface area contributed by atoms with E-state index in [-0.39, 0.29) is 17.3 Å². The molecular weight excluding hydrogens is 327 g/mol. The van der Waals surface area contributed by atoms with E-state index in [9.17, 15) is 22.4 Å². The minimum Gasteiger partial charge on any atom is -0.478 e. The number of sulfonamides is 1.